The van der Waals surface area contributed by atoms with E-state index in [4.69, 9.17) is 9.72 Å². The van der Waals surface area contributed by atoms with E-state index in [9.17, 15) is 18.0 Å². The summed E-state index contributed by atoms with van der Waals surface area (Å²) >= 11 is 0.514. The minimum Gasteiger partial charge on any atom is -0.487 e. The molecule has 0 unspecified atom stereocenters. The molecule has 4 heterocycles. The highest BCUT2D eigenvalue weighted by Gasteiger charge is 2.34. The largest absolute Gasteiger partial charge is 0.487 e. The number of nitrogens with zero attached hydrogens (tertiary/aromatic N) is 4. The Labute approximate surface area is 178 Å². The normalized spacial score (nSPS) is 14.3. The Bertz CT molecular complexity index is 1330. The van der Waals surface area contributed by atoms with Crippen molar-refractivity contribution in [3.8, 4) is 11.4 Å². The van der Waals surface area contributed by atoms with Crippen LogP contribution in [0.1, 0.15) is 40.8 Å². The van der Waals surface area contributed by atoms with E-state index in [1.807, 2.05) is 29.7 Å². The SMILES string of the molecule is Cc1c(C2CC2)nc2ccc(-n3ccc(OCc4csc(C(F)(F)F)n4)cc3=O)cn12. The van der Waals surface area contributed by atoms with Gasteiger partial charge in [-0.3, -0.25) is 9.36 Å². The maximum Gasteiger partial charge on any atom is 0.443 e. The molecule has 31 heavy (non-hydrogen) atoms. The fraction of sp³-hybridized carbons (Fsp3) is 0.286. The molecule has 5 rings (SSSR count). The molecule has 0 saturated heterocycles. The van der Waals surface area contributed by atoms with E-state index in [0.29, 0.717) is 22.9 Å². The summed E-state index contributed by atoms with van der Waals surface area (Å²) < 4.78 is 46.9. The van der Waals surface area contributed by atoms with Gasteiger partial charge in [0.05, 0.1) is 17.1 Å². The van der Waals surface area contributed by atoms with Crippen LogP contribution in [0, 0.1) is 6.92 Å². The number of aromatic nitrogens is 4. The molecule has 1 saturated carbocycles. The number of ether oxygens (including phenoxy) is 1. The highest BCUT2D eigenvalue weighted by Crippen LogP contribution is 2.41. The van der Waals surface area contributed by atoms with Crippen LogP contribution in [0.5, 0.6) is 5.75 Å². The molecule has 0 atom stereocenters. The lowest BCUT2D eigenvalue weighted by atomic mass is 10.2. The number of aryl methyl sites for hydroxylation is 1. The van der Waals surface area contributed by atoms with E-state index in [1.54, 1.807) is 12.3 Å². The molecule has 1 aliphatic carbocycles. The van der Waals surface area contributed by atoms with Crippen molar-refractivity contribution in [2.45, 2.75) is 38.5 Å². The molecule has 1 fully saturated rings. The summed E-state index contributed by atoms with van der Waals surface area (Å²) in [5.41, 5.74) is 3.57. The summed E-state index contributed by atoms with van der Waals surface area (Å²) in [5.74, 6) is 0.797. The van der Waals surface area contributed by atoms with Crippen LogP contribution in [0.15, 0.2) is 46.8 Å². The lowest BCUT2D eigenvalue weighted by molar-refractivity contribution is -0.137. The molecule has 6 nitrogen and oxygen atoms in total. The number of fused-ring (bicyclic) bond motifs is 1. The number of alkyl halides is 3. The van der Waals surface area contributed by atoms with Crippen molar-refractivity contribution in [2.24, 2.45) is 0 Å². The zero-order valence-corrected chi connectivity index (χ0v) is 17.2. The Morgan fingerprint density at radius 1 is 1.23 bits per heavy atom. The molecule has 4 aromatic heterocycles. The number of hydrogen-bond donors (Lipinski definition) is 0. The molecule has 10 heteroatoms. The van der Waals surface area contributed by atoms with E-state index in [2.05, 4.69) is 4.98 Å². The average Bonchev–Trinajstić information content (AvgIpc) is 3.35. The van der Waals surface area contributed by atoms with Crippen molar-refractivity contribution in [1.29, 1.82) is 0 Å². The van der Waals surface area contributed by atoms with Gasteiger partial charge in [0.15, 0.2) is 5.01 Å². The van der Waals surface area contributed by atoms with E-state index < -0.39 is 11.2 Å². The number of thiazole rings is 1. The second-order valence-electron chi connectivity index (χ2n) is 7.47. The Balaban J connectivity index is 1.36. The van der Waals surface area contributed by atoms with Crippen molar-refractivity contribution in [2.75, 3.05) is 0 Å². The minimum absolute atomic E-state index is 0.153. The second-order valence-corrected chi connectivity index (χ2v) is 8.33. The van der Waals surface area contributed by atoms with E-state index in [-0.39, 0.29) is 23.6 Å². The smallest absolute Gasteiger partial charge is 0.443 e. The van der Waals surface area contributed by atoms with Crippen LogP contribution < -0.4 is 10.3 Å². The number of pyridine rings is 2. The summed E-state index contributed by atoms with van der Waals surface area (Å²) in [4.78, 5) is 20.8. The maximum atomic E-state index is 12.6. The van der Waals surface area contributed by atoms with Crippen molar-refractivity contribution in [3.63, 3.8) is 0 Å². The second kappa shape index (κ2) is 7.23. The van der Waals surface area contributed by atoms with Gasteiger partial charge in [0, 0.05) is 35.5 Å². The number of rotatable bonds is 5. The fourth-order valence-corrected chi connectivity index (χ4v) is 4.15. The Morgan fingerprint density at radius 2 is 2.03 bits per heavy atom. The number of imidazole rings is 1. The molecule has 0 radical (unpaired) electrons. The third-order valence-corrected chi connectivity index (χ3v) is 6.13. The first-order valence-electron chi connectivity index (χ1n) is 9.66. The van der Waals surface area contributed by atoms with E-state index >= 15 is 0 Å². The fourth-order valence-electron chi connectivity index (χ4n) is 3.48. The van der Waals surface area contributed by atoms with Gasteiger partial charge >= 0.3 is 6.18 Å². The first-order valence-corrected chi connectivity index (χ1v) is 10.5. The van der Waals surface area contributed by atoms with Crippen molar-refractivity contribution < 1.29 is 17.9 Å². The van der Waals surface area contributed by atoms with Gasteiger partial charge in [-0.25, -0.2) is 9.97 Å². The molecule has 0 amide bonds. The van der Waals surface area contributed by atoms with Crippen LogP contribution in [0.3, 0.4) is 0 Å². The first kappa shape index (κ1) is 19.8. The van der Waals surface area contributed by atoms with Crippen molar-refractivity contribution in [3.05, 3.63) is 74.5 Å². The van der Waals surface area contributed by atoms with Crippen molar-refractivity contribution in [1.82, 2.24) is 18.9 Å². The molecule has 0 spiro atoms. The summed E-state index contributed by atoms with van der Waals surface area (Å²) in [7, 11) is 0. The van der Waals surface area contributed by atoms with Crippen LogP contribution in [-0.4, -0.2) is 18.9 Å². The van der Waals surface area contributed by atoms with E-state index in [0.717, 1.165) is 29.9 Å². The summed E-state index contributed by atoms with van der Waals surface area (Å²) in [6.07, 6.45) is 1.31. The highest BCUT2D eigenvalue weighted by atomic mass is 32.1. The quantitative estimate of drug-likeness (QED) is 0.445. The first-order chi connectivity index (χ1) is 14.8. The van der Waals surface area contributed by atoms with Crippen LogP contribution in [0.2, 0.25) is 0 Å². The van der Waals surface area contributed by atoms with Crippen LogP contribution in [0.4, 0.5) is 13.2 Å². The molecule has 0 aromatic carbocycles. The monoisotopic (exact) mass is 446 g/mol. The highest BCUT2D eigenvalue weighted by molar-refractivity contribution is 7.09. The van der Waals surface area contributed by atoms with Gasteiger partial charge < -0.3 is 9.14 Å². The van der Waals surface area contributed by atoms with Gasteiger partial charge in [-0.2, -0.15) is 13.2 Å². The number of halogens is 3. The average molecular weight is 446 g/mol. The summed E-state index contributed by atoms with van der Waals surface area (Å²) in [6, 6.07) is 6.61. The number of hydrogen-bond acceptors (Lipinski definition) is 5. The van der Waals surface area contributed by atoms with Crippen molar-refractivity contribution >= 4 is 17.0 Å². The van der Waals surface area contributed by atoms with Gasteiger partial charge in [0.25, 0.3) is 5.56 Å². The molecule has 0 aliphatic heterocycles. The zero-order chi connectivity index (χ0) is 21.8. The summed E-state index contributed by atoms with van der Waals surface area (Å²) in [6.45, 7) is 1.87. The van der Waals surface area contributed by atoms with Crippen LogP contribution in [0.25, 0.3) is 11.3 Å². The third kappa shape index (κ3) is 3.83. The standard InChI is InChI=1S/C21H17F3N4O2S/c1-12-19(13-2-3-13)26-17-5-4-15(9-28(12)17)27-7-6-16(8-18(27)29)30-10-14-11-31-20(25-14)21(22,23)24/h4-9,11,13H,2-3,10H2,1H3. The Hall–Kier alpha value is -3.14. The lowest BCUT2D eigenvalue weighted by Gasteiger charge is -2.09. The maximum absolute atomic E-state index is 12.6. The molecule has 1 aliphatic rings. The molecule has 4 aromatic rings. The van der Waals surface area contributed by atoms with E-state index in [1.165, 1.54) is 16.0 Å². The molecule has 0 bridgehead atoms. The zero-order valence-electron chi connectivity index (χ0n) is 16.4. The predicted molar refractivity (Wildman–Crippen MR) is 109 cm³/mol. The Kier molecular flexibility index (Phi) is 4.62. The molecular formula is C21H17F3N4O2S. The lowest BCUT2D eigenvalue weighted by Crippen LogP contribution is -2.17. The minimum atomic E-state index is -4.47. The topological polar surface area (TPSA) is 61.4 Å². The summed E-state index contributed by atoms with van der Waals surface area (Å²) in [5, 5.41) is 0.374. The van der Waals surface area contributed by atoms with Crippen LogP contribution >= 0.6 is 11.3 Å². The molecule has 160 valence electrons. The van der Waals surface area contributed by atoms with Gasteiger partial charge in [-0.05, 0) is 38.0 Å². The molecular weight excluding hydrogens is 429 g/mol. The predicted octanol–water partition coefficient (Wildman–Crippen LogP) is 4.73. The van der Waals surface area contributed by atoms with Gasteiger partial charge in [-0.15, -0.1) is 11.3 Å². The van der Waals surface area contributed by atoms with Gasteiger partial charge in [0.1, 0.15) is 18.0 Å². The van der Waals surface area contributed by atoms with Gasteiger partial charge in [0.2, 0.25) is 0 Å². The van der Waals surface area contributed by atoms with Gasteiger partial charge in [-0.1, -0.05) is 0 Å². The molecule has 0 N–H and O–H groups in total. The van der Waals surface area contributed by atoms with Crippen LogP contribution in [-0.2, 0) is 12.8 Å². The third-order valence-electron chi connectivity index (χ3n) is 5.19. The Morgan fingerprint density at radius 3 is 2.71 bits per heavy atom.